The molecule has 0 aliphatic carbocycles. The van der Waals surface area contributed by atoms with Crippen molar-refractivity contribution < 1.29 is 23.0 Å². The van der Waals surface area contributed by atoms with Crippen LogP contribution in [-0.4, -0.2) is 55.4 Å². The SMILES string of the molecule is Cc1ccn(-c2ccc(-c3ccc(OC4CC5CC(F)(F)C(N5)C4F)nn3)c(O)c2)n1. The zero-order valence-corrected chi connectivity index (χ0v) is 16.5. The summed E-state index contributed by atoms with van der Waals surface area (Å²) in [6.45, 7) is 1.87. The highest BCUT2D eigenvalue weighted by Crippen LogP contribution is 2.41. The van der Waals surface area contributed by atoms with Crippen LogP contribution in [-0.2, 0) is 0 Å². The lowest BCUT2D eigenvalue weighted by Gasteiger charge is -2.32. The minimum atomic E-state index is -3.09. The Morgan fingerprint density at radius 2 is 2.03 bits per heavy atom. The molecular weight excluding hydrogens is 411 g/mol. The highest BCUT2D eigenvalue weighted by atomic mass is 19.3. The maximum atomic E-state index is 14.5. The summed E-state index contributed by atoms with van der Waals surface area (Å²) in [5, 5.41) is 25.3. The molecule has 2 aliphatic rings. The van der Waals surface area contributed by atoms with Crippen molar-refractivity contribution >= 4 is 0 Å². The molecule has 4 atom stereocenters. The zero-order chi connectivity index (χ0) is 21.8. The number of nitrogens with one attached hydrogen (secondary N) is 1. The minimum Gasteiger partial charge on any atom is -0.507 e. The van der Waals surface area contributed by atoms with Crippen molar-refractivity contribution in [3.05, 3.63) is 48.3 Å². The van der Waals surface area contributed by atoms with Gasteiger partial charge in [-0.05, 0) is 31.2 Å². The Labute approximate surface area is 175 Å². The van der Waals surface area contributed by atoms with E-state index in [-0.39, 0.29) is 18.1 Å². The number of piperidine rings is 1. The van der Waals surface area contributed by atoms with Crippen molar-refractivity contribution in [2.75, 3.05) is 0 Å². The molecule has 0 amide bonds. The molecule has 3 aromatic rings. The number of aromatic hydroxyl groups is 1. The van der Waals surface area contributed by atoms with E-state index in [4.69, 9.17) is 4.74 Å². The molecule has 4 unspecified atom stereocenters. The van der Waals surface area contributed by atoms with Crippen molar-refractivity contribution in [3.63, 3.8) is 0 Å². The lowest BCUT2D eigenvalue weighted by molar-refractivity contribution is -0.0545. The fraction of sp³-hybridized carbons (Fsp3) is 0.381. The number of phenolic OH excluding ortho intramolecular Hbond substituents is 1. The molecule has 2 bridgehead atoms. The molecule has 0 radical (unpaired) electrons. The Morgan fingerprint density at radius 3 is 2.71 bits per heavy atom. The van der Waals surface area contributed by atoms with Gasteiger partial charge in [0.1, 0.15) is 17.9 Å². The topological polar surface area (TPSA) is 85.1 Å². The van der Waals surface area contributed by atoms with Gasteiger partial charge >= 0.3 is 0 Å². The Morgan fingerprint density at radius 1 is 1.19 bits per heavy atom. The predicted molar refractivity (Wildman–Crippen MR) is 105 cm³/mol. The standard InChI is InChI=1S/C21H20F3N5O2/c1-11-6-7-29(28-11)13-2-3-14(16(30)9-13)15-4-5-18(27-26-15)31-17-8-12-10-21(23,24)20(25-12)19(17)22/h2-7,9,12,17,19-20,25,30H,8,10H2,1H3. The lowest BCUT2D eigenvalue weighted by atomic mass is 10.00. The maximum absolute atomic E-state index is 14.5. The van der Waals surface area contributed by atoms with Crippen LogP contribution in [0.4, 0.5) is 13.2 Å². The number of aromatic nitrogens is 4. The van der Waals surface area contributed by atoms with Gasteiger partial charge in [0.2, 0.25) is 5.88 Å². The van der Waals surface area contributed by atoms with Gasteiger partial charge in [-0.2, -0.15) is 5.10 Å². The highest BCUT2D eigenvalue weighted by molar-refractivity contribution is 5.68. The number of ether oxygens (including phenoxy) is 1. The second-order valence-corrected chi connectivity index (χ2v) is 8.00. The van der Waals surface area contributed by atoms with E-state index < -0.39 is 36.7 Å². The second-order valence-electron chi connectivity index (χ2n) is 8.00. The number of phenols is 1. The van der Waals surface area contributed by atoms with E-state index in [0.717, 1.165) is 5.69 Å². The molecule has 7 nitrogen and oxygen atoms in total. The molecule has 2 aromatic heterocycles. The summed E-state index contributed by atoms with van der Waals surface area (Å²) in [5.41, 5.74) is 2.39. The monoisotopic (exact) mass is 431 g/mol. The van der Waals surface area contributed by atoms with Gasteiger partial charge in [-0.25, -0.2) is 17.9 Å². The number of fused-ring (bicyclic) bond motifs is 2. The Balaban J connectivity index is 1.31. The average Bonchev–Trinajstić information content (AvgIpc) is 3.27. The first-order valence-corrected chi connectivity index (χ1v) is 9.94. The molecular formula is C21H20F3N5O2. The number of hydrogen-bond acceptors (Lipinski definition) is 6. The summed E-state index contributed by atoms with van der Waals surface area (Å²) in [4.78, 5) is 0. The van der Waals surface area contributed by atoms with Crippen LogP contribution < -0.4 is 10.1 Å². The fourth-order valence-corrected chi connectivity index (χ4v) is 4.22. The van der Waals surface area contributed by atoms with Crippen LogP contribution in [0.15, 0.2) is 42.6 Å². The highest BCUT2D eigenvalue weighted by Gasteiger charge is 2.58. The van der Waals surface area contributed by atoms with Crippen molar-refractivity contribution in [3.8, 4) is 28.6 Å². The zero-order valence-electron chi connectivity index (χ0n) is 16.5. The molecule has 1 aromatic carbocycles. The van der Waals surface area contributed by atoms with Gasteiger partial charge in [0.15, 0.2) is 6.17 Å². The smallest absolute Gasteiger partial charge is 0.267 e. The summed E-state index contributed by atoms with van der Waals surface area (Å²) in [7, 11) is 0. The molecule has 5 rings (SSSR count). The average molecular weight is 431 g/mol. The predicted octanol–water partition coefficient (Wildman–Crippen LogP) is 3.20. The van der Waals surface area contributed by atoms with Crippen molar-refractivity contribution in [1.29, 1.82) is 0 Å². The van der Waals surface area contributed by atoms with Crippen molar-refractivity contribution in [2.24, 2.45) is 0 Å². The molecule has 162 valence electrons. The Bertz CT molecular complexity index is 1100. The van der Waals surface area contributed by atoms with Crippen LogP contribution >= 0.6 is 0 Å². The van der Waals surface area contributed by atoms with Crippen LogP contribution in [0.5, 0.6) is 11.6 Å². The molecule has 0 saturated carbocycles. The lowest BCUT2D eigenvalue weighted by Crippen LogP contribution is -2.55. The minimum absolute atomic E-state index is 0.00500. The third-order valence-corrected chi connectivity index (χ3v) is 5.74. The summed E-state index contributed by atoms with van der Waals surface area (Å²) in [6.07, 6.45) is -1.34. The molecule has 2 fully saturated rings. The van der Waals surface area contributed by atoms with Gasteiger partial charge in [-0.1, -0.05) is 0 Å². The quantitative estimate of drug-likeness (QED) is 0.660. The largest absolute Gasteiger partial charge is 0.507 e. The summed E-state index contributed by atoms with van der Waals surface area (Å²) in [5.74, 6) is -3.05. The first-order chi connectivity index (χ1) is 14.8. The molecule has 2 saturated heterocycles. The Kier molecular flexibility index (Phi) is 4.62. The molecule has 10 heteroatoms. The molecule has 2 N–H and O–H groups in total. The molecule has 31 heavy (non-hydrogen) atoms. The second kappa shape index (κ2) is 7.23. The number of hydrogen-bond donors (Lipinski definition) is 2. The summed E-state index contributed by atoms with van der Waals surface area (Å²) >= 11 is 0. The third-order valence-electron chi connectivity index (χ3n) is 5.74. The molecule has 0 spiro atoms. The third kappa shape index (κ3) is 3.60. The van der Waals surface area contributed by atoms with E-state index in [1.54, 1.807) is 35.1 Å². The van der Waals surface area contributed by atoms with E-state index >= 15 is 0 Å². The fourth-order valence-electron chi connectivity index (χ4n) is 4.22. The summed E-state index contributed by atoms with van der Waals surface area (Å²) in [6, 6.07) is 7.92. The van der Waals surface area contributed by atoms with E-state index in [1.165, 1.54) is 6.07 Å². The molecule has 2 aliphatic heterocycles. The van der Waals surface area contributed by atoms with Crippen LogP contribution in [0.2, 0.25) is 0 Å². The van der Waals surface area contributed by atoms with Crippen molar-refractivity contribution in [1.82, 2.24) is 25.3 Å². The van der Waals surface area contributed by atoms with E-state index in [9.17, 15) is 18.3 Å². The van der Waals surface area contributed by atoms with Crippen LogP contribution in [0, 0.1) is 6.92 Å². The van der Waals surface area contributed by atoms with Gasteiger partial charge < -0.3 is 15.2 Å². The number of aryl methyl sites for hydroxylation is 1. The van der Waals surface area contributed by atoms with E-state index in [2.05, 4.69) is 20.6 Å². The van der Waals surface area contributed by atoms with E-state index in [0.29, 0.717) is 16.9 Å². The normalized spacial score (nSPS) is 26.7. The number of nitrogens with zero attached hydrogens (tertiary/aromatic N) is 4. The Hall–Kier alpha value is -3.14. The molecule has 4 heterocycles. The van der Waals surface area contributed by atoms with Gasteiger partial charge in [-0.3, -0.25) is 0 Å². The van der Waals surface area contributed by atoms with Crippen molar-refractivity contribution in [2.45, 2.75) is 50.0 Å². The summed E-state index contributed by atoms with van der Waals surface area (Å²) < 4.78 is 49.5. The first-order valence-electron chi connectivity index (χ1n) is 9.94. The van der Waals surface area contributed by atoms with Gasteiger partial charge in [-0.15, -0.1) is 10.2 Å². The van der Waals surface area contributed by atoms with Gasteiger partial charge in [0.25, 0.3) is 5.92 Å². The first kappa shape index (κ1) is 19.8. The number of rotatable bonds is 4. The van der Waals surface area contributed by atoms with Gasteiger partial charge in [0, 0.05) is 42.8 Å². The van der Waals surface area contributed by atoms with Crippen LogP contribution in [0.25, 0.3) is 16.9 Å². The van der Waals surface area contributed by atoms with Gasteiger partial charge in [0.05, 0.1) is 17.1 Å². The number of benzene rings is 1. The van der Waals surface area contributed by atoms with Crippen LogP contribution in [0.3, 0.4) is 0 Å². The van der Waals surface area contributed by atoms with E-state index in [1.807, 2.05) is 13.0 Å². The number of alkyl halides is 3. The maximum Gasteiger partial charge on any atom is 0.267 e. The van der Waals surface area contributed by atoms with Crippen LogP contribution in [0.1, 0.15) is 18.5 Å². The number of halogens is 3.